The molecular weight excluding hydrogens is 409 g/mol. The predicted octanol–water partition coefficient (Wildman–Crippen LogP) is 2.75. The number of rotatable bonds is 4. The minimum absolute atomic E-state index is 0. The van der Waals surface area contributed by atoms with Crippen LogP contribution in [-0.4, -0.2) is 67.7 Å². The summed E-state index contributed by atoms with van der Waals surface area (Å²) in [6.07, 6.45) is -0.329. The number of benzene rings is 2. The Bertz CT molecular complexity index is 695. The van der Waals surface area contributed by atoms with Gasteiger partial charge in [-0.1, -0.05) is 60.7 Å². The summed E-state index contributed by atoms with van der Waals surface area (Å²) in [6.45, 7) is 5.27. The number of nitrogens with one attached hydrogen (secondary N) is 1. The van der Waals surface area contributed by atoms with Crippen molar-refractivity contribution in [3.63, 3.8) is 0 Å². The highest BCUT2D eigenvalue weighted by Crippen LogP contribution is 2.29. The molecule has 2 aromatic rings. The zero-order chi connectivity index (χ0) is 18.5. The van der Waals surface area contributed by atoms with E-state index in [9.17, 15) is 4.79 Å². The first kappa shape index (κ1) is 23.6. The van der Waals surface area contributed by atoms with Crippen molar-refractivity contribution in [2.45, 2.75) is 12.1 Å². The molecule has 0 saturated carbocycles. The maximum Gasteiger partial charge on any atom is 0.253 e. The predicted molar refractivity (Wildman–Crippen MR) is 120 cm³/mol. The quantitative estimate of drug-likeness (QED) is 0.798. The first-order valence-electron chi connectivity index (χ1n) is 9.78. The summed E-state index contributed by atoms with van der Waals surface area (Å²) < 4.78 is 5.64. The van der Waals surface area contributed by atoms with Gasteiger partial charge < -0.3 is 15.0 Å². The van der Waals surface area contributed by atoms with Gasteiger partial charge in [0.05, 0.1) is 12.6 Å². The van der Waals surface area contributed by atoms with E-state index in [1.807, 2.05) is 4.90 Å². The van der Waals surface area contributed by atoms with Crippen LogP contribution in [0.5, 0.6) is 0 Å². The Morgan fingerprint density at radius 1 is 0.897 bits per heavy atom. The molecule has 0 radical (unpaired) electrons. The Balaban J connectivity index is 0.00000150. The van der Waals surface area contributed by atoms with Crippen molar-refractivity contribution in [1.29, 1.82) is 0 Å². The Kier molecular flexibility index (Phi) is 9.40. The van der Waals surface area contributed by atoms with E-state index < -0.39 is 0 Å². The van der Waals surface area contributed by atoms with Crippen molar-refractivity contribution >= 4 is 30.7 Å². The second-order valence-corrected chi connectivity index (χ2v) is 7.15. The fraction of sp³-hybridized carbons (Fsp3) is 0.409. The van der Waals surface area contributed by atoms with Gasteiger partial charge in [-0.25, -0.2) is 0 Å². The molecule has 4 rings (SSSR count). The Labute approximate surface area is 185 Å². The lowest BCUT2D eigenvalue weighted by Crippen LogP contribution is -2.55. The van der Waals surface area contributed by atoms with E-state index in [1.165, 1.54) is 11.1 Å². The molecule has 2 aliphatic heterocycles. The number of morpholine rings is 1. The highest BCUT2D eigenvalue weighted by molar-refractivity contribution is 5.85. The van der Waals surface area contributed by atoms with Crippen LogP contribution in [0, 0.1) is 0 Å². The number of amides is 1. The van der Waals surface area contributed by atoms with Crippen LogP contribution < -0.4 is 5.32 Å². The number of piperazine rings is 1. The van der Waals surface area contributed by atoms with Crippen molar-refractivity contribution in [3.05, 3.63) is 71.8 Å². The topological polar surface area (TPSA) is 44.8 Å². The molecule has 2 heterocycles. The third-order valence-corrected chi connectivity index (χ3v) is 5.42. The van der Waals surface area contributed by atoms with Crippen LogP contribution in [0.25, 0.3) is 0 Å². The molecule has 1 unspecified atom stereocenters. The van der Waals surface area contributed by atoms with Gasteiger partial charge in [-0.3, -0.25) is 9.69 Å². The van der Waals surface area contributed by atoms with Crippen LogP contribution in [0.1, 0.15) is 17.2 Å². The number of carbonyl (C=O) groups excluding carboxylic acids is 1. The average Bonchev–Trinajstić information content (AvgIpc) is 2.76. The number of nitrogens with zero attached hydrogens (tertiary/aromatic N) is 2. The SMILES string of the molecule is Cl.Cl.O=C(C1CNCCO1)N1CCN(C(c2ccccc2)c2ccccc2)CC1. The fourth-order valence-electron chi connectivity index (χ4n) is 4.01. The maximum atomic E-state index is 12.7. The average molecular weight is 438 g/mol. The minimum Gasteiger partial charge on any atom is -0.366 e. The largest absolute Gasteiger partial charge is 0.366 e. The summed E-state index contributed by atoms with van der Waals surface area (Å²) in [5, 5.41) is 3.24. The van der Waals surface area contributed by atoms with Gasteiger partial charge in [0.25, 0.3) is 5.91 Å². The van der Waals surface area contributed by atoms with E-state index in [4.69, 9.17) is 4.74 Å². The van der Waals surface area contributed by atoms with Crippen LogP contribution in [-0.2, 0) is 9.53 Å². The van der Waals surface area contributed by atoms with E-state index in [0.717, 1.165) is 32.7 Å². The smallest absolute Gasteiger partial charge is 0.253 e. The van der Waals surface area contributed by atoms with Crippen LogP contribution >= 0.6 is 24.8 Å². The minimum atomic E-state index is -0.329. The number of hydrogen-bond donors (Lipinski definition) is 1. The Morgan fingerprint density at radius 3 is 1.93 bits per heavy atom. The van der Waals surface area contributed by atoms with Gasteiger partial charge in [0, 0.05) is 39.3 Å². The summed E-state index contributed by atoms with van der Waals surface area (Å²) in [4.78, 5) is 17.2. The molecule has 1 atom stereocenters. The number of carbonyl (C=O) groups is 1. The molecule has 2 aromatic carbocycles. The molecule has 0 bridgehead atoms. The van der Waals surface area contributed by atoms with Gasteiger partial charge in [0.1, 0.15) is 6.10 Å². The monoisotopic (exact) mass is 437 g/mol. The van der Waals surface area contributed by atoms with Gasteiger partial charge in [0.15, 0.2) is 0 Å². The van der Waals surface area contributed by atoms with Crippen LogP contribution in [0.15, 0.2) is 60.7 Å². The fourth-order valence-corrected chi connectivity index (χ4v) is 4.01. The van der Waals surface area contributed by atoms with Crippen molar-refractivity contribution in [2.24, 2.45) is 0 Å². The molecule has 0 spiro atoms. The van der Waals surface area contributed by atoms with Crippen molar-refractivity contribution in [3.8, 4) is 0 Å². The third-order valence-electron chi connectivity index (χ3n) is 5.42. The molecule has 1 amide bonds. The van der Waals surface area contributed by atoms with Crippen LogP contribution in [0.4, 0.5) is 0 Å². The van der Waals surface area contributed by atoms with Crippen molar-refractivity contribution in [2.75, 3.05) is 45.9 Å². The third kappa shape index (κ3) is 5.71. The molecule has 0 aliphatic carbocycles. The second kappa shape index (κ2) is 11.5. The van der Waals surface area contributed by atoms with E-state index in [-0.39, 0.29) is 42.9 Å². The molecule has 0 aromatic heterocycles. The highest BCUT2D eigenvalue weighted by Gasteiger charge is 2.32. The zero-order valence-electron chi connectivity index (χ0n) is 16.4. The zero-order valence-corrected chi connectivity index (χ0v) is 18.0. The Hall–Kier alpha value is -1.63. The molecule has 158 valence electrons. The summed E-state index contributed by atoms with van der Waals surface area (Å²) in [5.41, 5.74) is 2.59. The van der Waals surface area contributed by atoms with E-state index >= 15 is 0 Å². The van der Waals surface area contributed by atoms with E-state index in [0.29, 0.717) is 13.2 Å². The second-order valence-electron chi connectivity index (χ2n) is 7.15. The highest BCUT2D eigenvalue weighted by atomic mass is 35.5. The molecule has 1 N–H and O–H groups in total. The lowest BCUT2D eigenvalue weighted by Gasteiger charge is -2.41. The molecule has 2 fully saturated rings. The Morgan fingerprint density at radius 2 is 1.45 bits per heavy atom. The van der Waals surface area contributed by atoms with E-state index in [1.54, 1.807) is 0 Å². The lowest BCUT2D eigenvalue weighted by atomic mass is 9.96. The van der Waals surface area contributed by atoms with Gasteiger partial charge >= 0.3 is 0 Å². The van der Waals surface area contributed by atoms with Gasteiger partial charge in [-0.2, -0.15) is 0 Å². The summed E-state index contributed by atoms with van der Waals surface area (Å²) in [7, 11) is 0. The van der Waals surface area contributed by atoms with Gasteiger partial charge in [-0.15, -0.1) is 24.8 Å². The van der Waals surface area contributed by atoms with Gasteiger partial charge in [-0.05, 0) is 11.1 Å². The van der Waals surface area contributed by atoms with Crippen molar-refractivity contribution < 1.29 is 9.53 Å². The molecule has 2 aliphatic rings. The molecule has 5 nitrogen and oxygen atoms in total. The molecule has 7 heteroatoms. The first-order valence-corrected chi connectivity index (χ1v) is 9.78. The number of halogens is 2. The number of hydrogen-bond acceptors (Lipinski definition) is 4. The summed E-state index contributed by atoms with van der Waals surface area (Å²) in [5.74, 6) is 0.123. The van der Waals surface area contributed by atoms with Crippen molar-refractivity contribution in [1.82, 2.24) is 15.1 Å². The lowest BCUT2D eigenvalue weighted by molar-refractivity contribution is -0.147. The molecule has 29 heavy (non-hydrogen) atoms. The summed E-state index contributed by atoms with van der Waals surface area (Å²) >= 11 is 0. The maximum absolute atomic E-state index is 12.7. The standard InChI is InChI=1S/C22H27N3O2.2ClH/c26-22(20-17-23-11-16-27-20)25-14-12-24(13-15-25)21(18-7-3-1-4-8-18)19-9-5-2-6-10-19;;/h1-10,20-21,23H,11-17H2;2*1H. The van der Waals surface area contributed by atoms with Crippen LogP contribution in [0.3, 0.4) is 0 Å². The first-order chi connectivity index (χ1) is 13.3. The normalized spacial score (nSPS) is 19.9. The van der Waals surface area contributed by atoms with Crippen LogP contribution in [0.2, 0.25) is 0 Å². The van der Waals surface area contributed by atoms with Gasteiger partial charge in [0.2, 0.25) is 0 Å². The number of ether oxygens (including phenoxy) is 1. The molecule has 2 saturated heterocycles. The van der Waals surface area contributed by atoms with E-state index in [2.05, 4.69) is 70.9 Å². The summed E-state index contributed by atoms with van der Waals surface area (Å²) in [6, 6.07) is 21.5. The molecular formula is C22H29Cl2N3O2.